The van der Waals surface area contributed by atoms with Gasteiger partial charge in [0.05, 0.1) is 11.8 Å². The summed E-state index contributed by atoms with van der Waals surface area (Å²) in [4.78, 5) is 18.8. The molecule has 1 fully saturated rings. The number of amides is 1. The van der Waals surface area contributed by atoms with Crippen LogP contribution in [0.3, 0.4) is 0 Å². The maximum atomic E-state index is 12.6. The van der Waals surface area contributed by atoms with E-state index in [2.05, 4.69) is 16.8 Å². The molecule has 0 atom stereocenters. The third-order valence-electron chi connectivity index (χ3n) is 4.38. The van der Waals surface area contributed by atoms with E-state index in [4.69, 9.17) is 4.42 Å². The highest BCUT2D eigenvalue weighted by molar-refractivity contribution is 5.92. The molecule has 0 radical (unpaired) electrons. The number of aryl methyl sites for hydroxylation is 1. The highest BCUT2D eigenvalue weighted by Crippen LogP contribution is 2.34. The molecule has 0 aromatic carbocycles. The van der Waals surface area contributed by atoms with Crippen molar-refractivity contribution in [1.29, 1.82) is 0 Å². The Labute approximate surface area is 142 Å². The Kier molecular flexibility index (Phi) is 4.26. The van der Waals surface area contributed by atoms with Gasteiger partial charge in [-0.25, -0.2) is 4.98 Å². The average molecular weight is 320 g/mol. The monoisotopic (exact) mass is 320 g/mol. The van der Waals surface area contributed by atoms with Crippen molar-refractivity contribution < 1.29 is 9.21 Å². The molecule has 4 nitrogen and oxygen atoms in total. The van der Waals surface area contributed by atoms with Crippen molar-refractivity contribution in [3.8, 4) is 11.8 Å². The van der Waals surface area contributed by atoms with Crippen LogP contribution < -0.4 is 0 Å². The first kappa shape index (κ1) is 16.1. The van der Waals surface area contributed by atoms with Gasteiger partial charge in [-0.2, -0.15) is 0 Å². The first-order valence-electron chi connectivity index (χ1n) is 7.98. The quantitative estimate of drug-likeness (QED) is 0.754. The summed E-state index contributed by atoms with van der Waals surface area (Å²) in [5, 5.41) is 0. The minimum absolute atomic E-state index is 0.0817. The second-order valence-corrected chi connectivity index (χ2v) is 6.35. The molecule has 1 aliphatic rings. The molecule has 4 heteroatoms. The zero-order chi connectivity index (χ0) is 17.2. The molecular formula is C20H20N2O2. The number of nitrogens with zero attached hydrogens (tertiary/aromatic N) is 2. The first-order valence-corrected chi connectivity index (χ1v) is 7.98. The van der Waals surface area contributed by atoms with Crippen molar-refractivity contribution in [2.24, 2.45) is 0 Å². The Morgan fingerprint density at radius 1 is 1.33 bits per heavy atom. The predicted molar refractivity (Wildman–Crippen MR) is 92.4 cm³/mol. The van der Waals surface area contributed by atoms with E-state index < -0.39 is 0 Å². The molecule has 1 amide bonds. The normalized spacial score (nSPS) is 17.6. The molecule has 3 rings (SSSR count). The SMILES string of the molecule is Cc1cccc(C#C/C=C2\CCN(C(=O)c3ccco3)C2(C)C)n1. The molecule has 2 aromatic rings. The Hall–Kier alpha value is -2.80. The van der Waals surface area contributed by atoms with Gasteiger partial charge in [0.2, 0.25) is 0 Å². The van der Waals surface area contributed by atoms with Gasteiger partial charge in [0.25, 0.3) is 5.91 Å². The summed E-state index contributed by atoms with van der Waals surface area (Å²) in [6.07, 6.45) is 4.25. The van der Waals surface area contributed by atoms with Crippen LogP contribution in [0.4, 0.5) is 0 Å². The van der Waals surface area contributed by atoms with Crippen LogP contribution in [0.1, 0.15) is 42.2 Å². The van der Waals surface area contributed by atoms with Crippen LogP contribution in [0.2, 0.25) is 0 Å². The van der Waals surface area contributed by atoms with E-state index >= 15 is 0 Å². The molecule has 0 bridgehead atoms. The molecule has 3 heterocycles. The molecule has 1 aliphatic heterocycles. The van der Waals surface area contributed by atoms with Crippen LogP contribution in [0.5, 0.6) is 0 Å². The first-order chi connectivity index (χ1) is 11.5. The number of allylic oxidation sites excluding steroid dienone is 1. The molecule has 24 heavy (non-hydrogen) atoms. The number of aromatic nitrogens is 1. The van der Waals surface area contributed by atoms with Gasteiger partial charge in [0.1, 0.15) is 5.69 Å². The van der Waals surface area contributed by atoms with Crippen LogP contribution in [0, 0.1) is 18.8 Å². The van der Waals surface area contributed by atoms with Crippen molar-refractivity contribution in [2.75, 3.05) is 6.54 Å². The van der Waals surface area contributed by atoms with Crippen LogP contribution in [-0.2, 0) is 0 Å². The number of furan rings is 1. The molecule has 0 spiro atoms. The zero-order valence-electron chi connectivity index (χ0n) is 14.2. The van der Waals surface area contributed by atoms with E-state index in [0.29, 0.717) is 12.3 Å². The number of rotatable bonds is 1. The molecule has 0 N–H and O–H groups in total. The fourth-order valence-corrected chi connectivity index (χ4v) is 2.94. The maximum Gasteiger partial charge on any atom is 0.290 e. The van der Waals surface area contributed by atoms with Crippen LogP contribution in [0.15, 0.2) is 52.7 Å². The molecule has 1 saturated heterocycles. The average Bonchev–Trinajstić information content (AvgIpc) is 3.16. The van der Waals surface area contributed by atoms with Crippen LogP contribution in [0.25, 0.3) is 0 Å². The Bertz CT molecular complexity index is 836. The minimum atomic E-state index is -0.376. The lowest BCUT2D eigenvalue weighted by Gasteiger charge is -2.31. The van der Waals surface area contributed by atoms with E-state index in [1.807, 2.05) is 49.9 Å². The van der Waals surface area contributed by atoms with E-state index in [9.17, 15) is 4.79 Å². The Morgan fingerprint density at radius 3 is 2.88 bits per heavy atom. The van der Waals surface area contributed by atoms with Gasteiger partial charge >= 0.3 is 0 Å². The summed E-state index contributed by atoms with van der Waals surface area (Å²) in [5.74, 6) is 6.44. The zero-order valence-corrected chi connectivity index (χ0v) is 14.2. The molecule has 0 saturated carbocycles. The van der Waals surface area contributed by atoms with Crippen molar-refractivity contribution in [1.82, 2.24) is 9.88 Å². The van der Waals surface area contributed by atoms with E-state index in [0.717, 1.165) is 23.4 Å². The largest absolute Gasteiger partial charge is 0.459 e. The third kappa shape index (κ3) is 3.11. The summed E-state index contributed by atoms with van der Waals surface area (Å²) in [7, 11) is 0. The van der Waals surface area contributed by atoms with Gasteiger partial charge in [-0.1, -0.05) is 12.0 Å². The van der Waals surface area contributed by atoms with Gasteiger partial charge in [-0.05, 0) is 69.0 Å². The number of hydrogen-bond donors (Lipinski definition) is 0. The summed E-state index contributed by atoms with van der Waals surface area (Å²) >= 11 is 0. The lowest BCUT2D eigenvalue weighted by Crippen LogP contribution is -2.43. The smallest absolute Gasteiger partial charge is 0.290 e. The van der Waals surface area contributed by atoms with Gasteiger partial charge in [0, 0.05) is 12.2 Å². The van der Waals surface area contributed by atoms with Crippen LogP contribution >= 0.6 is 0 Å². The van der Waals surface area contributed by atoms with Crippen molar-refractivity contribution in [2.45, 2.75) is 32.7 Å². The summed E-state index contributed by atoms with van der Waals surface area (Å²) < 4.78 is 5.24. The van der Waals surface area contributed by atoms with Crippen molar-refractivity contribution >= 4 is 5.91 Å². The molecular weight excluding hydrogens is 300 g/mol. The standard InChI is InChI=1S/C20H20N2O2/c1-15-7-4-9-17(21-15)10-5-8-16-12-13-22(20(16,2)3)19(23)18-11-6-14-24-18/h4,6-9,11,14H,12-13H2,1-3H3/b16-8+. The van der Waals surface area contributed by atoms with Gasteiger partial charge < -0.3 is 9.32 Å². The highest BCUT2D eigenvalue weighted by atomic mass is 16.3. The Morgan fingerprint density at radius 2 is 2.17 bits per heavy atom. The van der Waals surface area contributed by atoms with Crippen molar-refractivity contribution in [3.63, 3.8) is 0 Å². The van der Waals surface area contributed by atoms with Crippen LogP contribution in [-0.4, -0.2) is 27.9 Å². The molecule has 122 valence electrons. The summed E-state index contributed by atoms with van der Waals surface area (Å²) in [6.45, 7) is 6.70. The van der Waals surface area contributed by atoms with E-state index in [-0.39, 0.29) is 11.4 Å². The molecule has 2 aromatic heterocycles. The number of pyridine rings is 1. The topological polar surface area (TPSA) is 46.3 Å². The summed E-state index contributed by atoms with van der Waals surface area (Å²) in [6, 6.07) is 9.21. The molecule has 0 aliphatic carbocycles. The highest BCUT2D eigenvalue weighted by Gasteiger charge is 2.40. The van der Waals surface area contributed by atoms with Gasteiger partial charge in [-0.3, -0.25) is 4.79 Å². The third-order valence-corrected chi connectivity index (χ3v) is 4.38. The number of hydrogen-bond acceptors (Lipinski definition) is 3. The second-order valence-electron chi connectivity index (χ2n) is 6.35. The fraction of sp³-hybridized carbons (Fsp3) is 0.300. The lowest BCUT2D eigenvalue weighted by atomic mass is 9.94. The summed E-state index contributed by atoms with van der Waals surface area (Å²) in [5.41, 5.74) is 2.47. The molecule has 0 unspecified atom stereocenters. The van der Waals surface area contributed by atoms with E-state index in [1.165, 1.54) is 6.26 Å². The van der Waals surface area contributed by atoms with Gasteiger partial charge in [0.15, 0.2) is 5.76 Å². The second kappa shape index (κ2) is 6.37. The Balaban J connectivity index is 1.80. The van der Waals surface area contributed by atoms with Gasteiger partial charge in [-0.15, -0.1) is 0 Å². The predicted octanol–water partition coefficient (Wildman–Crippen LogP) is 3.59. The number of carbonyl (C=O) groups excluding carboxylic acids is 1. The minimum Gasteiger partial charge on any atom is -0.459 e. The van der Waals surface area contributed by atoms with Crippen molar-refractivity contribution in [3.05, 3.63) is 65.4 Å². The number of likely N-dealkylation sites (tertiary alicyclic amines) is 1. The maximum absolute atomic E-state index is 12.6. The number of carbonyl (C=O) groups is 1. The lowest BCUT2D eigenvalue weighted by molar-refractivity contribution is 0.0645. The van der Waals surface area contributed by atoms with E-state index in [1.54, 1.807) is 12.1 Å². The fourth-order valence-electron chi connectivity index (χ4n) is 2.94.